The highest BCUT2D eigenvalue weighted by atomic mass is 35.5. The van der Waals surface area contributed by atoms with Crippen LogP contribution < -0.4 is 11.3 Å². The Hall–Kier alpha value is -1.72. The van der Waals surface area contributed by atoms with E-state index in [4.69, 9.17) is 17.4 Å². The van der Waals surface area contributed by atoms with E-state index in [1.807, 2.05) is 0 Å². The van der Waals surface area contributed by atoms with Gasteiger partial charge in [-0.2, -0.15) is 0 Å². The summed E-state index contributed by atoms with van der Waals surface area (Å²) in [6, 6.07) is 5.91. The number of aromatic nitrogens is 2. The zero-order valence-electron chi connectivity index (χ0n) is 10.5. The van der Waals surface area contributed by atoms with Gasteiger partial charge < -0.3 is 5.43 Å². The zero-order valence-corrected chi connectivity index (χ0v) is 11.2. The summed E-state index contributed by atoms with van der Waals surface area (Å²) in [5.41, 5.74) is 3.94. The van der Waals surface area contributed by atoms with E-state index in [9.17, 15) is 4.39 Å². The Morgan fingerprint density at radius 1 is 1.32 bits per heavy atom. The van der Waals surface area contributed by atoms with Crippen LogP contribution in [-0.4, -0.2) is 9.97 Å². The molecule has 1 aromatic carbocycles. The third-order valence-corrected chi connectivity index (χ3v) is 2.92. The van der Waals surface area contributed by atoms with Crippen LogP contribution in [0.1, 0.15) is 19.0 Å². The number of nitrogens with two attached hydrogens (primary N) is 1. The van der Waals surface area contributed by atoms with Crippen molar-refractivity contribution < 1.29 is 4.39 Å². The van der Waals surface area contributed by atoms with Crippen molar-refractivity contribution in [3.63, 3.8) is 0 Å². The summed E-state index contributed by atoms with van der Waals surface area (Å²) < 4.78 is 13.1. The van der Waals surface area contributed by atoms with E-state index in [0.29, 0.717) is 17.2 Å². The lowest BCUT2D eigenvalue weighted by Crippen LogP contribution is -2.10. The lowest BCUT2D eigenvalue weighted by Gasteiger charge is -2.08. The number of benzene rings is 1. The third kappa shape index (κ3) is 3.19. The zero-order chi connectivity index (χ0) is 13.8. The smallest absolute Gasteiger partial charge is 0.163 e. The fraction of sp³-hybridized carbons (Fsp3) is 0.231. The van der Waals surface area contributed by atoms with Crippen molar-refractivity contribution in [3.05, 3.63) is 40.8 Å². The summed E-state index contributed by atoms with van der Waals surface area (Å²) in [5.74, 6) is 5.94. The molecule has 100 valence electrons. The molecule has 3 N–H and O–H groups in total. The molecule has 0 unspecified atom stereocenters. The molecule has 1 heterocycles. The SMILES string of the molecule is CCCc1cc(NN)nc(-c2ccc(F)cc2Cl)n1. The van der Waals surface area contributed by atoms with Crippen molar-refractivity contribution in [1.29, 1.82) is 0 Å². The van der Waals surface area contributed by atoms with Crippen LogP contribution in [0.4, 0.5) is 10.2 Å². The minimum Gasteiger partial charge on any atom is -0.308 e. The fourth-order valence-corrected chi connectivity index (χ4v) is 2.00. The highest BCUT2D eigenvalue weighted by Gasteiger charge is 2.10. The second-order valence-corrected chi connectivity index (χ2v) is 4.49. The number of hydrogen-bond acceptors (Lipinski definition) is 4. The van der Waals surface area contributed by atoms with E-state index in [-0.39, 0.29) is 5.02 Å². The predicted octanol–water partition coefficient (Wildman–Crippen LogP) is 3.17. The second-order valence-electron chi connectivity index (χ2n) is 4.09. The normalized spacial score (nSPS) is 10.5. The molecule has 0 bridgehead atoms. The molecule has 6 heteroatoms. The first kappa shape index (κ1) is 13.7. The molecule has 0 saturated carbocycles. The van der Waals surface area contributed by atoms with E-state index in [2.05, 4.69) is 22.3 Å². The van der Waals surface area contributed by atoms with Crippen LogP contribution in [-0.2, 0) is 6.42 Å². The molecule has 4 nitrogen and oxygen atoms in total. The Bertz CT molecular complexity index is 589. The molecule has 0 spiro atoms. The monoisotopic (exact) mass is 280 g/mol. The van der Waals surface area contributed by atoms with Crippen molar-refractivity contribution in [3.8, 4) is 11.4 Å². The molecule has 2 rings (SSSR count). The summed E-state index contributed by atoms with van der Waals surface area (Å²) in [4.78, 5) is 8.66. The van der Waals surface area contributed by atoms with Crippen molar-refractivity contribution in [1.82, 2.24) is 9.97 Å². The number of nitrogens with one attached hydrogen (secondary N) is 1. The summed E-state index contributed by atoms with van der Waals surface area (Å²) in [5, 5.41) is 0.275. The van der Waals surface area contributed by atoms with Crippen LogP contribution in [0.3, 0.4) is 0 Å². The van der Waals surface area contributed by atoms with Gasteiger partial charge in [0.2, 0.25) is 0 Å². The Balaban J connectivity index is 2.51. The molecular weight excluding hydrogens is 267 g/mol. The second kappa shape index (κ2) is 5.95. The summed E-state index contributed by atoms with van der Waals surface area (Å²) in [7, 11) is 0. The largest absolute Gasteiger partial charge is 0.308 e. The van der Waals surface area contributed by atoms with Gasteiger partial charge in [-0.15, -0.1) is 0 Å². The molecule has 0 atom stereocenters. The maximum absolute atomic E-state index is 13.1. The van der Waals surface area contributed by atoms with Gasteiger partial charge in [-0.25, -0.2) is 20.2 Å². The average molecular weight is 281 g/mol. The van der Waals surface area contributed by atoms with Crippen LogP contribution in [0.25, 0.3) is 11.4 Å². The van der Waals surface area contributed by atoms with Crippen molar-refractivity contribution >= 4 is 17.4 Å². The maximum Gasteiger partial charge on any atom is 0.163 e. The topological polar surface area (TPSA) is 63.8 Å². The molecule has 19 heavy (non-hydrogen) atoms. The molecule has 0 fully saturated rings. The Morgan fingerprint density at radius 2 is 2.11 bits per heavy atom. The van der Waals surface area contributed by atoms with Crippen LogP contribution >= 0.6 is 11.6 Å². The van der Waals surface area contributed by atoms with Gasteiger partial charge in [0, 0.05) is 17.3 Å². The van der Waals surface area contributed by atoms with Gasteiger partial charge in [0.15, 0.2) is 5.82 Å². The maximum atomic E-state index is 13.1. The minimum atomic E-state index is -0.393. The first-order valence-electron chi connectivity index (χ1n) is 5.94. The number of nitrogens with zero attached hydrogens (tertiary/aromatic N) is 2. The first-order valence-corrected chi connectivity index (χ1v) is 6.32. The quantitative estimate of drug-likeness (QED) is 0.667. The van der Waals surface area contributed by atoms with Gasteiger partial charge in [0.25, 0.3) is 0 Å². The van der Waals surface area contributed by atoms with Gasteiger partial charge >= 0.3 is 0 Å². The van der Waals surface area contributed by atoms with Gasteiger partial charge in [-0.1, -0.05) is 24.9 Å². The molecule has 0 aliphatic rings. The van der Waals surface area contributed by atoms with E-state index in [1.54, 1.807) is 12.1 Å². The molecule has 0 saturated heterocycles. The lowest BCUT2D eigenvalue weighted by molar-refractivity contribution is 0.628. The number of hydrazine groups is 1. The standard InChI is InChI=1S/C13H14ClFN4/c1-2-3-9-7-12(19-16)18-13(17-9)10-5-4-8(15)6-11(10)14/h4-7H,2-3,16H2,1H3,(H,17,18,19). The van der Waals surface area contributed by atoms with Crippen molar-refractivity contribution in [2.24, 2.45) is 5.84 Å². The van der Waals surface area contributed by atoms with E-state index < -0.39 is 5.82 Å². The van der Waals surface area contributed by atoms with Gasteiger partial charge in [0.1, 0.15) is 11.6 Å². The number of halogens is 2. The average Bonchev–Trinajstić information content (AvgIpc) is 2.38. The fourth-order valence-electron chi connectivity index (χ4n) is 1.75. The van der Waals surface area contributed by atoms with Crippen molar-refractivity contribution in [2.75, 3.05) is 5.43 Å². The number of anilines is 1. The van der Waals surface area contributed by atoms with Gasteiger partial charge in [-0.3, -0.25) is 0 Å². The molecule has 0 radical (unpaired) electrons. The first-order chi connectivity index (χ1) is 9.13. The molecule has 1 aromatic heterocycles. The van der Waals surface area contributed by atoms with E-state index in [1.165, 1.54) is 12.1 Å². The van der Waals surface area contributed by atoms with E-state index >= 15 is 0 Å². The minimum absolute atomic E-state index is 0.275. The van der Waals surface area contributed by atoms with Crippen LogP contribution in [0.5, 0.6) is 0 Å². The molecule has 0 aliphatic heterocycles. The number of aryl methyl sites for hydroxylation is 1. The number of nitrogen functional groups attached to an aromatic ring is 1. The predicted molar refractivity (Wildman–Crippen MR) is 74.2 cm³/mol. The summed E-state index contributed by atoms with van der Waals surface area (Å²) >= 11 is 6.02. The Labute approximate surface area is 115 Å². The molecule has 2 aromatic rings. The lowest BCUT2D eigenvalue weighted by atomic mass is 10.2. The van der Waals surface area contributed by atoms with Crippen molar-refractivity contribution in [2.45, 2.75) is 19.8 Å². The van der Waals surface area contributed by atoms with Crippen LogP contribution in [0.15, 0.2) is 24.3 Å². The Morgan fingerprint density at radius 3 is 2.74 bits per heavy atom. The third-order valence-electron chi connectivity index (χ3n) is 2.61. The number of hydrogen-bond donors (Lipinski definition) is 2. The Kier molecular flexibility index (Phi) is 4.29. The summed E-state index contributed by atoms with van der Waals surface area (Å²) in [6.07, 6.45) is 1.76. The van der Waals surface area contributed by atoms with Crippen LogP contribution in [0.2, 0.25) is 5.02 Å². The van der Waals surface area contributed by atoms with E-state index in [0.717, 1.165) is 18.5 Å². The van der Waals surface area contributed by atoms with Gasteiger partial charge in [-0.05, 0) is 24.6 Å². The van der Waals surface area contributed by atoms with Crippen LogP contribution in [0, 0.1) is 5.82 Å². The molecule has 0 amide bonds. The molecule has 0 aliphatic carbocycles. The highest BCUT2D eigenvalue weighted by molar-refractivity contribution is 6.33. The summed E-state index contributed by atoms with van der Waals surface area (Å²) in [6.45, 7) is 2.06. The molecular formula is C13H14ClFN4. The van der Waals surface area contributed by atoms with Gasteiger partial charge in [0.05, 0.1) is 5.02 Å². The highest BCUT2D eigenvalue weighted by Crippen LogP contribution is 2.27. The number of rotatable bonds is 4.